The van der Waals surface area contributed by atoms with Crippen LogP contribution in [0.25, 0.3) is 0 Å². The molecular weight excluding hydrogens is 406 g/mol. The van der Waals surface area contributed by atoms with Gasteiger partial charge in [-0.05, 0) is 48.6 Å². The molecule has 3 amide bonds. The molecule has 2 aromatic carbocycles. The number of nitrogens with zero attached hydrogens (tertiary/aromatic N) is 1. The molecule has 0 saturated heterocycles. The average molecular weight is 438 g/mol. The number of carbonyl (C=O) groups excluding carboxylic acids is 3. The molecule has 0 unspecified atom stereocenters. The molecule has 3 N–H and O–H groups in total. The topological polar surface area (TPSA) is 98.7 Å². The van der Waals surface area contributed by atoms with Gasteiger partial charge in [0, 0.05) is 17.3 Å². The van der Waals surface area contributed by atoms with Gasteiger partial charge in [0.25, 0.3) is 5.91 Å². The Morgan fingerprint density at radius 2 is 1.69 bits per heavy atom. The van der Waals surface area contributed by atoms with Crippen LogP contribution in [0.4, 0.5) is 5.69 Å². The second kappa shape index (κ2) is 11.4. The SMILES string of the molecule is CCc1ccccc1N(CC(=O)NC1CCCCC1)C(=O)Cc1ccc(C(=O)NO)cc1. The molecule has 2 aromatic rings. The van der Waals surface area contributed by atoms with Gasteiger partial charge in [0.15, 0.2) is 0 Å². The van der Waals surface area contributed by atoms with E-state index in [-0.39, 0.29) is 30.8 Å². The highest BCUT2D eigenvalue weighted by atomic mass is 16.5. The number of hydroxylamine groups is 1. The van der Waals surface area contributed by atoms with Crippen molar-refractivity contribution in [3.8, 4) is 0 Å². The highest BCUT2D eigenvalue weighted by Gasteiger charge is 2.23. The Morgan fingerprint density at radius 1 is 1.00 bits per heavy atom. The van der Waals surface area contributed by atoms with Gasteiger partial charge in [0.05, 0.1) is 6.42 Å². The quantitative estimate of drug-likeness (QED) is 0.435. The van der Waals surface area contributed by atoms with Gasteiger partial charge < -0.3 is 10.2 Å². The zero-order valence-electron chi connectivity index (χ0n) is 18.5. The maximum Gasteiger partial charge on any atom is 0.274 e. The second-order valence-corrected chi connectivity index (χ2v) is 8.18. The van der Waals surface area contributed by atoms with E-state index in [1.54, 1.807) is 34.6 Å². The lowest BCUT2D eigenvalue weighted by Crippen LogP contribution is -2.45. The average Bonchev–Trinajstić information content (AvgIpc) is 2.83. The molecule has 0 aromatic heterocycles. The van der Waals surface area contributed by atoms with Crippen LogP contribution in [0, 0.1) is 0 Å². The lowest BCUT2D eigenvalue weighted by molar-refractivity contribution is -0.124. The molecular formula is C25H31N3O4. The largest absolute Gasteiger partial charge is 0.352 e. The van der Waals surface area contributed by atoms with E-state index in [1.165, 1.54) is 6.42 Å². The number of aryl methyl sites for hydroxylation is 1. The highest BCUT2D eigenvalue weighted by molar-refractivity contribution is 6.00. The van der Waals surface area contributed by atoms with E-state index in [9.17, 15) is 14.4 Å². The van der Waals surface area contributed by atoms with Crippen LogP contribution in [-0.4, -0.2) is 35.5 Å². The van der Waals surface area contributed by atoms with Gasteiger partial charge in [-0.15, -0.1) is 0 Å². The first-order chi connectivity index (χ1) is 15.5. The molecule has 32 heavy (non-hydrogen) atoms. The summed E-state index contributed by atoms with van der Waals surface area (Å²) in [5.74, 6) is -0.948. The number of hydrogen-bond donors (Lipinski definition) is 3. The number of anilines is 1. The number of para-hydroxylation sites is 1. The van der Waals surface area contributed by atoms with Gasteiger partial charge in [-0.25, -0.2) is 5.48 Å². The molecule has 1 aliphatic carbocycles. The molecule has 7 heteroatoms. The van der Waals surface area contributed by atoms with Crippen LogP contribution in [0.5, 0.6) is 0 Å². The third-order valence-corrected chi connectivity index (χ3v) is 5.91. The van der Waals surface area contributed by atoms with E-state index in [0.29, 0.717) is 5.56 Å². The third kappa shape index (κ3) is 6.17. The van der Waals surface area contributed by atoms with Crippen LogP contribution >= 0.6 is 0 Å². The second-order valence-electron chi connectivity index (χ2n) is 8.18. The summed E-state index contributed by atoms with van der Waals surface area (Å²) in [6.07, 6.45) is 6.26. The Morgan fingerprint density at radius 3 is 2.34 bits per heavy atom. The number of benzene rings is 2. The van der Waals surface area contributed by atoms with Crippen LogP contribution in [0.15, 0.2) is 48.5 Å². The van der Waals surface area contributed by atoms with Crippen molar-refractivity contribution in [1.29, 1.82) is 0 Å². The predicted octanol–water partition coefficient (Wildman–Crippen LogP) is 3.39. The molecule has 3 rings (SSSR count). The van der Waals surface area contributed by atoms with Gasteiger partial charge in [0.1, 0.15) is 6.54 Å². The molecule has 1 aliphatic rings. The summed E-state index contributed by atoms with van der Waals surface area (Å²) in [5, 5.41) is 11.9. The monoisotopic (exact) mass is 437 g/mol. The Kier molecular flexibility index (Phi) is 8.39. The number of amides is 3. The molecule has 0 radical (unpaired) electrons. The molecule has 0 atom stereocenters. The molecule has 0 spiro atoms. The van der Waals surface area contributed by atoms with E-state index < -0.39 is 5.91 Å². The number of nitrogens with one attached hydrogen (secondary N) is 2. The minimum atomic E-state index is -0.610. The number of rotatable bonds is 8. The highest BCUT2D eigenvalue weighted by Crippen LogP contribution is 2.23. The normalized spacial score (nSPS) is 13.9. The lowest BCUT2D eigenvalue weighted by Gasteiger charge is -2.27. The predicted molar refractivity (Wildman–Crippen MR) is 123 cm³/mol. The van der Waals surface area contributed by atoms with Crippen molar-refractivity contribution in [3.05, 3.63) is 65.2 Å². The minimum Gasteiger partial charge on any atom is -0.352 e. The van der Waals surface area contributed by atoms with Crippen LogP contribution in [0.3, 0.4) is 0 Å². The Hall–Kier alpha value is -3.19. The van der Waals surface area contributed by atoms with Crippen LogP contribution < -0.4 is 15.7 Å². The van der Waals surface area contributed by atoms with Gasteiger partial charge in [-0.2, -0.15) is 0 Å². The molecule has 0 bridgehead atoms. The minimum absolute atomic E-state index is 0.0304. The Bertz CT molecular complexity index is 936. The van der Waals surface area contributed by atoms with Crippen LogP contribution in [0.2, 0.25) is 0 Å². The third-order valence-electron chi connectivity index (χ3n) is 5.91. The van der Waals surface area contributed by atoms with Crippen molar-refractivity contribution in [2.24, 2.45) is 0 Å². The van der Waals surface area contributed by atoms with Gasteiger partial charge in [0.2, 0.25) is 11.8 Å². The first kappa shape index (κ1) is 23.5. The smallest absolute Gasteiger partial charge is 0.274 e. The van der Waals surface area contributed by atoms with Gasteiger partial charge in [-0.3, -0.25) is 19.6 Å². The fourth-order valence-corrected chi connectivity index (χ4v) is 4.15. The van der Waals surface area contributed by atoms with Crippen molar-refractivity contribution in [1.82, 2.24) is 10.8 Å². The molecule has 1 fully saturated rings. The summed E-state index contributed by atoms with van der Waals surface area (Å²) in [5.41, 5.74) is 4.35. The van der Waals surface area contributed by atoms with Gasteiger partial charge >= 0.3 is 0 Å². The van der Waals surface area contributed by atoms with E-state index in [4.69, 9.17) is 5.21 Å². The van der Waals surface area contributed by atoms with Gasteiger partial charge in [-0.1, -0.05) is 56.5 Å². The Balaban J connectivity index is 1.77. The molecule has 170 valence electrons. The van der Waals surface area contributed by atoms with Crippen molar-refractivity contribution in [2.45, 2.75) is 57.9 Å². The molecule has 7 nitrogen and oxygen atoms in total. The number of carbonyl (C=O) groups is 3. The van der Waals surface area contributed by atoms with Crippen LogP contribution in [-0.2, 0) is 22.4 Å². The molecule has 1 saturated carbocycles. The van der Waals surface area contributed by atoms with E-state index >= 15 is 0 Å². The summed E-state index contributed by atoms with van der Waals surface area (Å²) >= 11 is 0. The molecule has 0 heterocycles. The summed E-state index contributed by atoms with van der Waals surface area (Å²) in [6.45, 7) is 1.99. The van der Waals surface area contributed by atoms with E-state index in [0.717, 1.165) is 48.9 Å². The van der Waals surface area contributed by atoms with Crippen molar-refractivity contribution >= 4 is 23.4 Å². The zero-order chi connectivity index (χ0) is 22.9. The number of hydrogen-bond acceptors (Lipinski definition) is 4. The molecule has 0 aliphatic heterocycles. The fourth-order valence-electron chi connectivity index (χ4n) is 4.15. The lowest BCUT2D eigenvalue weighted by atomic mass is 9.95. The van der Waals surface area contributed by atoms with Crippen molar-refractivity contribution < 1.29 is 19.6 Å². The summed E-state index contributed by atoms with van der Waals surface area (Å²) in [6, 6.07) is 14.3. The maximum atomic E-state index is 13.3. The Labute approximate surface area is 188 Å². The summed E-state index contributed by atoms with van der Waals surface area (Å²) in [7, 11) is 0. The standard InChI is InChI=1S/C25H31N3O4/c1-2-19-8-6-7-11-22(19)28(17-23(29)26-21-9-4-3-5-10-21)24(30)16-18-12-14-20(15-13-18)25(31)27-32/h6-8,11-15,21,32H,2-5,9-10,16-17H2,1H3,(H,26,29)(H,27,31). The van der Waals surface area contributed by atoms with E-state index in [2.05, 4.69) is 5.32 Å². The fraction of sp³-hybridized carbons (Fsp3) is 0.400. The van der Waals surface area contributed by atoms with Crippen molar-refractivity contribution in [3.63, 3.8) is 0 Å². The summed E-state index contributed by atoms with van der Waals surface area (Å²) in [4.78, 5) is 39.2. The first-order valence-corrected chi connectivity index (χ1v) is 11.2. The maximum absolute atomic E-state index is 13.3. The van der Waals surface area contributed by atoms with Crippen LogP contribution in [0.1, 0.15) is 60.5 Å². The zero-order valence-corrected chi connectivity index (χ0v) is 18.5. The first-order valence-electron chi connectivity index (χ1n) is 11.2. The van der Waals surface area contributed by atoms with E-state index in [1.807, 2.05) is 31.2 Å². The van der Waals surface area contributed by atoms with Crippen molar-refractivity contribution in [2.75, 3.05) is 11.4 Å². The summed E-state index contributed by atoms with van der Waals surface area (Å²) < 4.78 is 0.